The number of nitrogens with one attached hydrogen (secondary N) is 1. The van der Waals surface area contributed by atoms with Crippen LogP contribution in [-0.4, -0.2) is 35.4 Å². The molecule has 0 fully saturated rings. The van der Waals surface area contributed by atoms with E-state index in [9.17, 15) is 19.6 Å². The molecule has 4 rings (SSSR count). The zero-order valence-corrected chi connectivity index (χ0v) is 15.8. The average Bonchev–Trinajstić information content (AvgIpc) is 3.38. The van der Waals surface area contributed by atoms with Gasteiger partial charge in [0.05, 0.1) is 5.69 Å². The maximum atomic E-state index is 12.6. The molecule has 9 nitrogen and oxygen atoms in total. The topological polar surface area (TPSA) is 124 Å². The number of carbonyl (C=O) groups is 3. The fraction of sp³-hybridized carbons (Fsp3) is 0.143. The minimum atomic E-state index is -0.839. The fourth-order valence-corrected chi connectivity index (χ4v) is 3.07. The number of nitriles is 1. The molecule has 1 aromatic carbocycles. The molecule has 1 amide bonds. The first-order valence-corrected chi connectivity index (χ1v) is 8.91. The van der Waals surface area contributed by atoms with Crippen LogP contribution in [0.15, 0.2) is 47.1 Å². The molecule has 1 aliphatic heterocycles. The van der Waals surface area contributed by atoms with Crippen LogP contribution in [0.5, 0.6) is 5.75 Å². The lowest BCUT2D eigenvalue weighted by molar-refractivity contribution is -0.118. The van der Waals surface area contributed by atoms with Crippen molar-refractivity contribution >= 4 is 23.3 Å². The number of esters is 1. The Labute approximate surface area is 170 Å². The Morgan fingerprint density at radius 1 is 1.30 bits per heavy atom. The molecule has 1 N–H and O–H groups in total. The number of aromatic nitrogens is 1. The molecule has 0 aliphatic carbocycles. The van der Waals surface area contributed by atoms with Gasteiger partial charge in [0.25, 0.3) is 5.91 Å². The minimum Gasteiger partial charge on any atom is -0.482 e. The van der Waals surface area contributed by atoms with Gasteiger partial charge < -0.3 is 19.2 Å². The average molecular weight is 405 g/mol. The van der Waals surface area contributed by atoms with Crippen molar-refractivity contribution in [3.8, 4) is 17.7 Å². The summed E-state index contributed by atoms with van der Waals surface area (Å²) >= 11 is 0. The quantitative estimate of drug-likeness (QED) is 0.511. The van der Waals surface area contributed by atoms with Gasteiger partial charge in [-0.15, -0.1) is 0 Å². The van der Waals surface area contributed by atoms with Crippen LogP contribution in [0.25, 0.3) is 5.88 Å². The third kappa shape index (κ3) is 3.42. The number of aryl methyl sites for hydroxylation is 1. The predicted octanol–water partition coefficient (Wildman–Crippen LogP) is 2.62. The van der Waals surface area contributed by atoms with Crippen molar-refractivity contribution in [1.82, 2.24) is 4.57 Å². The Kier molecular flexibility index (Phi) is 4.82. The van der Waals surface area contributed by atoms with Gasteiger partial charge >= 0.3 is 5.97 Å². The summed E-state index contributed by atoms with van der Waals surface area (Å²) in [4.78, 5) is 36.5. The van der Waals surface area contributed by atoms with Crippen molar-refractivity contribution in [2.45, 2.75) is 6.92 Å². The molecule has 0 spiro atoms. The van der Waals surface area contributed by atoms with Crippen LogP contribution in [0.1, 0.15) is 32.0 Å². The molecular weight excluding hydrogens is 390 g/mol. The smallest absolute Gasteiger partial charge is 0.343 e. The number of fused-ring (bicyclic) bond motifs is 1. The number of benzene rings is 1. The van der Waals surface area contributed by atoms with E-state index >= 15 is 0 Å². The summed E-state index contributed by atoms with van der Waals surface area (Å²) in [7, 11) is 0. The molecule has 150 valence electrons. The number of rotatable bonds is 5. The van der Waals surface area contributed by atoms with E-state index in [1.54, 1.807) is 42.1 Å². The highest BCUT2D eigenvalue weighted by atomic mass is 16.5. The minimum absolute atomic E-state index is 0.0230. The summed E-state index contributed by atoms with van der Waals surface area (Å²) in [6.07, 6.45) is 3.35. The van der Waals surface area contributed by atoms with Gasteiger partial charge in [-0.05, 0) is 37.3 Å². The summed E-state index contributed by atoms with van der Waals surface area (Å²) in [5, 5.41) is 12.1. The Morgan fingerprint density at radius 2 is 2.07 bits per heavy atom. The van der Waals surface area contributed by atoms with Crippen molar-refractivity contribution in [2.75, 3.05) is 18.5 Å². The molecule has 3 aromatic rings. The van der Waals surface area contributed by atoms with Crippen molar-refractivity contribution in [1.29, 1.82) is 5.26 Å². The highest BCUT2D eigenvalue weighted by molar-refractivity contribution is 6.03. The second-order valence-electron chi connectivity index (χ2n) is 6.46. The van der Waals surface area contributed by atoms with E-state index in [2.05, 4.69) is 5.32 Å². The third-order valence-corrected chi connectivity index (χ3v) is 4.49. The Balaban J connectivity index is 1.50. The monoisotopic (exact) mass is 405 g/mol. The van der Waals surface area contributed by atoms with Gasteiger partial charge in [0.1, 0.15) is 28.7 Å². The maximum absolute atomic E-state index is 12.6. The van der Waals surface area contributed by atoms with Gasteiger partial charge in [-0.1, -0.05) is 0 Å². The molecule has 0 unspecified atom stereocenters. The van der Waals surface area contributed by atoms with Gasteiger partial charge in [0.15, 0.2) is 19.0 Å². The number of furan rings is 1. The Hall–Kier alpha value is -4.32. The molecule has 0 bridgehead atoms. The van der Waals surface area contributed by atoms with Crippen LogP contribution < -0.4 is 10.1 Å². The molecule has 0 saturated heterocycles. The summed E-state index contributed by atoms with van der Waals surface area (Å²) in [6, 6.07) is 9.99. The largest absolute Gasteiger partial charge is 0.482 e. The van der Waals surface area contributed by atoms with Crippen LogP contribution in [0.3, 0.4) is 0 Å². The zero-order valence-electron chi connectivity index (χ0n) is 15.8. The molecule has 3 heterocycles. The number of amides is 1. The molecule has 0 saturated carbocycles. The lowest BCUT2D eigenvalue weighted by Crippen LogP contribution is -2.25. The second-order valence-corrected chi connectivity index (χ2v) is 6.46. The molecule has 0 atom stereocenters. The number of carbonyl (C=O) groups excluding carboxylic acids is 3. The SMILES string of the molecule is Cc1oc(-n2cccc2)c(C#N)c1C(=O)OCC(=O)c1ccc2c(c1)NC(=O)CO2. The number of nitrogens with zero attached hydrogens (tertiary/aromatic N) is 2. The van der Waals surface area contributed by atoms with Gasteiger partial charge in [-0.3, -0.25) is 14.2 Å². The third-order valence-electron chi connectivity index (χ3n) is 4.49. The highest BCUT2D eigenvalue weighted by Crippen LogP contribution is 2.29. The van der Waals surface area contributed by atoms with E-state index < -0.39 is 18.4 Å². The molecule has 2 aromatic heterocycles. The first-order valence-electron chi connectivity index (χ1n) is 8.91. The molecule has 0 radical (unpaired) electrons. The van der Waals surface area contributed by atoms with Crippen LogP contribution in [-0.2, 0) is 9.53 Å². The lowest BCUT2D eigenvalue weighted by Gasteiger charge is -2.18. The number of Topliss-reactive ketones (excluding diaryl/α,β-unsaturated/α-hetero) is 1. The van der Waals surface area contributed by atoms with Crippen LogP contribution >= 0.6 is 0 Å². The van der Waals surface area contributed by atoms with Crippen LogP contribution in [0.4, 0.5) is 5.69 Å². The second kappa shape index (κ2) is 7.60. The van der Waals surface area contributed by atoms with Crippen molar-refractivity contribution in [3.63, 3.8) is 0 Å². The standard InChI is InChI=1S/C21H15N3O6/c1-12-19(14(9-22)20(30-12)24-6-2-3-7-24)21(27)29-10-16(25)13-4-5-17-15(8-13)23-18(26)11-28-17/h2-8H,10-11H2,1H3,(H,23,26). The number of hydrogen-bond donors (Lipinski definition) is 1. The fourth-order valence-electron chi connectivity index (χ4n) is 3.07. The van der Waals surface area contributed by atoms with E-state index in [0.29, 0.717) is 11.4 Å². The summed E-state index contributed by atoms with van der Waals surface area (Å²) in [5.41, 5.74) is 0.608. The number of anilines is 1. The van der Waals surface area contributed by atoms with E-state index in [0.717, 1.165) is 0 Å². The molecule has 1 aliphatic rings. The summed E-state index contributed by atoms with van der Waals surface area (Å²) in [5.74, 6) is -0.777. The van der Waals surface area contributed by atoms with Crippen molar-refractivity contribution in [2.24, 2.45) is 0 Å². The number of hydrogen-bond acceptors (Lipinski definition) is 7. The Bertz CT molecular complexity index is 1200. The Morgan fingerprint density at radius 3 is 2.80 bits per heavy atom. The van der Waals surface area contributed by atoms with E-state index in [1.165, 1.54) is 12.1 Å². The number of ether oxygens (including phenoxy) is 2. The highest BCUT2D eigenvalue weighted by Gasteiger charge is 2.26. The van der Waals surface area contributed by atoms with Crippen LogP contribution in [0, 0.1) is 18.3 Å². The summed E-state index contributed by atoms with van der Waals surface area (Å²) in [6.45, 7) is 0.910. The van der Waals surface area contributed by atoms with Crippen molar-refractivity contribution < 1.29 is 28.3 Å². The maximum Gasteiger partial charge on any atom is 0.343 e. The molecule has 9 heteroatoms. The van der Waals surface area contributed by atoms with E-state index in [1.807, 2.05) is 6.07 Å². The predicted molar refractivity (Wildman–Crippen MR) is 103 cm³/mol. The van der Waals surface area contributed by atoms with Gasteiger partial charge in [-0.2, -0.15) is 5.26 Å². The van der Waals surface area contributed by atoms with Crippen LogP contribution in [0.2, 0.25) is 0 Å². The number of ketones is 1. The van der Waals surface area contributed by atoms with Gasteiger partial charge in [-0.25, -0.2) is 4.79 Å². The first-order chi connectivity index (χ1) is 14.5. The van der Waals surface area contributed by atoms with E-state index in [4.69, 9.17) is 13.9 Å². The van der Waals surface area contributed by atoms with Gasteiger partial charge in [0, 0.05) is 18.0 Å². The normalized spacial score (nSPS) is 12.3. The molecular formula is C21H15N3O6. The van der Waals surface area contributed by atoms with Gasteiger partial charge in [0.2, 0.25) is 5.88 Å². The zero-order chi connectivity index (χ0) is 21.3. The first kappa shape index (κ1) is 19.0. The van der Waals surface area contributed by atoms with Crippen molar-refractivity contribution in [3.05, 3.63) is 65.2 Å². The van der Waals surface area contributed by atoms with E-state index in [-0.39, 0.29) is 40.8 Å². The molecule has 30 heavy (non-hydrogen) atoms. The lowest BCUT2D eigenvalue weighted by atomic mass is 10.1. The summed E-state index contributed by atoms with van der Waals surface area (Å²) < 4.78 is 17.5.